The lowest BCUT2D eigenvalue weighted by atomic mass is 10.1. The normalized spacial score (nSPS) is 10.7. The Morgan fingerprint density at radius 1 is 1.10 bits per heavy atom. The predicted molar refractivity (Wildman–Crippen MR) is 114 cm³/mol. The minimum absolute atomic E-state index is 0.116. The number of halogens is 2. The van der Waals surface area contributed by atoms with E-state index in [1.165, 1.54) is 17.0 Å². The molecule has 0 aliphatic heterocycles. The van der Waals surface area contributed by atoms with E-state index in [1.54, 1.807) is 36.4 Å². The molecule has 2 amide bonds. The molecule has 0 atom stereocenters. The Labute approximate surface area is 177 Å². The zero-order chi connectivity index (χ0) is 21.0. The van der Waals surface area contributed by atoms with E-state index in [4.69, 9.17) is 27.6 Å². The van der Waals surface area contributed by atoms with Crippen molar-refractivity contribution in [1.82, 2.24) is 4.90 Å². The molecule has 8 heteroatoms. The summed E-state index contributed by atoms with van der Waals surface area (Å²) in [5.74, 6) is -1.01. The first-order valence-corrected chi connectivity index (χ1v) is 9.71. The highest BCUT2D eigenvalue weighted by atomic mass is 35.5. The second-order valence-corrected chi connectivity index (χ2v) is 7.23. The van der Waals surface area contributed by atoms with Gasteiger partial charge in [0.15, 0.2) is 0 Å². The lowest BCUT2D eigenvalue weighted by molar-refractivity contribution is -0.116. The van der Waals surface area contributed by atoms with Crippen molar-refractivity contribution in [2.24, 2.45) is 0 Å². The lowest BCUT2D eigenvalue weighted by Crippen LogP contribution is -2.40. The largest absolute Gasteiger partial charge is 0.422 e. The first kappa shape index (κ1) is 20.9. The maximum atomic E-state index is 12.9. The SMILES string of the molecule is CCCN(CC(=O)Nc1ccc(Cl)cc1Cl)C(=O)c1cc2ccccc2oc1=O. The molecule has 1 aromatic heterocycles. The van der Waals surface area contributed by atoms with Gasteiger partial charge in [-0.2, -0.15) is 0 Å². The molecule has 3 rings (SSSR count). The van der Waals surface area contributed by atoms with Gasteiger partial charge in [-0.3, -0.25) is 9.59 Å². The maximum Gasteiger partial charge on any atom is 0.349 e. The van der Waals surface area contributed by atoms with Crippen LogP contribution in [0.15, 0.2) is 57.7 Å². The van der Waals surface area contributed by atoms with Gasteiger partial charge in [0.05, 0.1) is 10.7 Å². The summed E-state index contributed by atoms with van der Waals surface area (Å²) in [6.07, 6.45) is 0.611. The molecule has 3 aromatic rings. The van der Waals surface area contributed by atoms with E-state index in [1.807, 2.05) is 6.92 Å². The monoisotopic (exact) mass is 432 g/mol. The number of hydrogen-bond acceptors (Lipinski definition) is 4. The molecule has 0 aliphatic carbocycles. The summed E-state index contributed by atoms with van der Waals surface area (Å²) in [6, 6.07) is 13.1. The van der Waals surface area contributed by atoms with Crippen LogP contribution >= 0.6 is 23.2 Å². The summed E-state index contributed by atoms with van der Waals surface area (Å²) in [6.45, 7) is 1.93. The van der Waals surface area contributed by atoms with E-state index >= 15 is 0 Å². The molecular weight excluding hydrogens is 415 g/mol. The van der Waals surface area contributed by atoms with Gasteiger partial charge < -0.3 is 14.6 Å². The Morgan fingerprint density at radius 3 is 2.59 bits per heavy atom. The summed E-state index contributed by atoms with van der Waals surface area (Å²) in [4.78, 5) is 39.0. The standard InChI is InChI=1S/C21H18Cl2N2O4/c1-2-9-25(12-19(26)24-17-8-7-14(22)11-16(17)23)20(27)15-10-13-5-3-4-6-18(13)29-21(15)28/h3-8,10-11H,2,9,12H2,1H3,(H,24,26). The van der Waals surface area contributed by atoms with Crippen LogP contribution in [-0.2, 0) is 4.79 Å². The summed E-state index contributed by atoms with van der Waals surface area (Å²) in [7, 11) is 0. The van der Waals surface area contributed by atoms with Crippen molar-refractivity contribution in [1.29, 1.82) is 0 Å². The molecule has 1 N–H and O–H groups in total. The molecule has 0 radical (unpaired) electrons. The Morgan fingerprint density at radius 2 is 1.86 bits per heavy atom. The second kappa shape index (κ2) is 9.11. The molecule has 0 saturated heterocycles. The smallest absolute Gasteiger partial charge is 0.349 e. The molecular formula is C21H18Cl2N2O4. The fourth-order valence-electron chi connectivity index (χ4n) is 2.86. The highest BCUT2D eigenvalue weighted by Crippen LogP contribution is 2.25. The maximum absolute atomic E-state index is 12.9. The van der Waals surface area contributed by atoms with E-state index < -0.39 is 17.4 Å². The number of anilines is 1. The third kappa shape index (κ3) is 4.96. The first-order valence-electron chi connectivity index (χ1n) is 8.96. The Bertz CT molecular complexity index is 1130. The van der Waals surface area contributed by atoms with Crippen LogP contribution in [0.2, 0.25) is 10.0 Å². The number of amides is 2. The summed E-state index contributed by atoms with van der Waals surface area (Å²) in [5.41, 5.74) is -0.0770. The molecule has 2 aromatic carbocycles. The van der Waals surface area contributed by atoms with Crippen LogP contribution in [0.25, 0.3) is 11.0 Å². The zero-order valence-electron chi connectivity index (χ0n) is 15.6. The van der Waals surface area contributed by atoms with Crippen molar-refractivity contribution >= 4 is 51.7 Å². The quantitative estimate of drug-likeness (QED) is 0.577. The van der Waals surface area contributed by atoms with Crippen molar-refractivity contribution in [3.8, 4) is 0 Å². The minimum atomic E-state index is -0.740. The third-order valence-electron chi connectivity index (χ3n) is 4.19. The molecule has 0 spiro atoms. The highest BCUT2D eigenvalue weighted by molar-refractivity contribution is 6.36. The number of nitrogens with one attached hydrogen (secondary N) is 1. The summed E-state index contributed by atoms with van der Waals surface area (Å²) < 4.78 is 5.24. The van der Waals surface area contributed by atoms with Gasteiger partial charge >= 0.3 is 5.63 Å². The van der Waals surface area contributed by atoms with E-state index in [9.17, 15) is 14.4 Å². The molecule has 0 aliphatic rings. The molecule has 29 heavy (non-hydrogen) atoms. The number of carbonyl (C=O) groups excluding carboxylic acids is 2. The van der Waals surface area contributed by atoms with Gasteiger partial charge in [0.1, 0.15) is 17.7 Å². The van der Waals surface area contributed by atoms with Gasteiger partial charge in [0.2, 0.25) is 5.91 Å². The van der Waals surface area contributed by atoms with Crippen molar-refractivity contribution in [2.75, 3.05) is 18.4 Å². The molecule has 150 valence electrons. The van der Waals surface area contributed by atoms with Crippen molar-refractivity contribution in [2.45, 2.75) is 13.3 Å². The highest BCUT2D eigenvalue weighted by Gasteiger charge is 2.22. The van der Waals surface area contributed by atoms with Gasteiger partial charge in [0, 0.05) is 17.0 Å². The van der Waals surface area contributed by atoms with Gasteiger partial charge in [-0.25, -0.2) is 4.79 Å². The topological polar surface area (TPSA) is 79.6 Å². The van der Waals surface area contributed by atoms with Gasteiger partial charge in [-0.05, 0) is 36.8 Å². The summed E-state index contributed by atoms with van der Waals surface area (Å²) >= 11 is 11.9. The van der Waals surface area contributed by atoms with Crippen molar-refractivity contribution in [3.63, 3.8) is 0 Å². The fraction of sp³-hybridized carbons (Fsp3) is 0.190. The number of para-hydroxylation sites is 1. The van der Waals surface area contributed by atoms with E-state index in [0.29, 0.717) is 34.6 Å². The van der Waals surface area contributed by atoms with Gasteiger partial charge in [-0.15, -0.1) is 0 Å². The number of rotatable bonds is 6. The Kier molecular flexibility index (Phi) is 6.56. The Hall–Kier alpha value is -2.83. The second-order valence-electron chi connectivity index (χ2n) is 6.38. The van der Waals surface area contributed by atoms with Crippen LogP contribution in [0.5, 0.6) is 0 Å². The molecule has 0 unspecified atom stereocenters. The molecule has 6 nitrogen and oxygen atoms in total. The number of benzene rings is 2. The first-order chi connectivity index (χ1) is 13.9. The number of hydrogen-bond donors (Lipinski definition) is 1. The van der Waals surface area contributed by atoms with Crippen molar-refractivity contribution < 1.29 is 14.0 Å². The van der Waals surface area contributed by atoms with Crippen LogP contribution in [0.3, 0.4) is 0 Å². The lowest BCUT2D eigenvalue weighted by Gasteiger charge is -2.21. The van der Waals surface area contributed by atoms with Crippen LogP contribution in [0, 0.1) is 0 Å². The molecule has 0 fully saturated rings. The van der Waals surface area contributed by atoms with Crippen LogP contribution < -0.4 is 10.9 Å². The van der Waals surface area contributed by atoms with Crippen LogP contribution in [0.1, 0.15) is 23.7 Å². The number of carbonyl (C=O) groups is 2. The fourth-order valence-corrected chi connectivity index (χ4v) is 3.31. The predicted octanol–water partition coefficient (Wildman–Crippen LogP) is 4.59. The average Bonchev–Trinajstić information content (AvgIpc) is 2.69. The average molecular weight is 433 g/mol. The van der Waals surface area contributed by atoms with E-state index in [0.717, 1.165) is 0 Å². The molecule has 1 heterocycles. The van der Waals surface area contributed by atoms with Gasteiger partial charge in [0.25, 0.3) is 5.91 Å². The third-order valence-corrected chi connectivity index (χ3v) is 4.74. The van der Waals surface area contributed by atoms with E-state index in [-0.39, 0.29) is 17.1 Å². The van der Waals surface area contributed by atoms with Crippen LogP contribution in [-0.4, -0.2) is 29.8 Å². The summed E-state index contributed by atoms with van der Waals surface area (Å²) in [5, 5.41) is 4.01. The zero-order valence-corrected chi connectivity index (χ0v) is 17.1. The van der Waals surface area contributed by atoms with E-state index in [2.05, 4.69) is 5.32 Å². The Balaban J connectivity index is 1.81. The molecule has 0 bridgehead atoms. The minimum Gasteiger partial charge on any atom is -0.422 e. The van der Waals surface area contributed by atoms with Crippen LogP contribution in [0.4, 0.5) is 5.69 Å². The molecule has 0 saturated carbocycles. The van der Waals surface area contributed by atoms with Gasteiger partial charge in [-0.1, -0.05) is 48.3 Å². The number of fused-ring (bicyclic) bond motifs is 1. The number of nitrogens with zero attached hydrogens (tertiary/aromatic N) is 1. The van der Waals surface area contributed by atoms with Crippen molar-refractivity contribution in [3.05, 3.63) is 74.6 Å².